The maximum atomic E-state index is 12.8. The maximum absolute atomic E-state index is 12.8. The number of hydrogen-bond acceptors (Lipinski definition) is 6. The van der Waals surface area contributed by atoms with Gasteiger partial charge in [0.25, 0.3) is 0 Å². The molecule has 2 aromatic rings. The van der Waals surface area contributed by atoms with E-state index in [1.165, 1.54) is 16.6 Å². The van der Waals surface area contributed by atoms with Crippen LogP contribution in [0.25, 0.3) is 0 Å². The zero-order chi connectivity index (χ0) is 22.8. The van der Waals surface area contributed by atoms with Crippen molar-refractivity contribution < 1.29 is 21.6 Å². The van der Waals surface area contributed by atoms with E-state index in [-0.39, 0.29) is 4.90 Å². The molecule has 0 atom stereocenters. The Bertz CT molecular complexity index is 1010. The lowest BCUT2D eigenvalue weighted by Crippen LogP contribution is -2.35. The summed E-state index contributed by atoms with van der Waals surface area (Å²) in [4.78, 5) is 12.6. The molecule has 0 saturated carbocycles. The van der Waals surface area contributed by atoms with Crippen molar-refractivity contribution in [1.82, 2.24) is 14.3 Å². The molecule has 0 N–H and O–H groups in total. The van der Waals surface area contributed by atoms with Gasteiger partial charge >= 0.3 is 6.18 Å². The van der Waals surface area contributed by atoms with E-state index < -0.39 is 21.8 Å². The summed E-state index contributed by atoms with van der Waals surface area (Å²) in [7, 11) is -3.52. The van der Waals surface area contributed by atoms with Gasteiger partial charge in [-0.25, -0.2) is 18.4 Å². The predicted octanol–water partition coefficient (Wildman–Crippen LogP) is 3.39. The molecule has 2 aromatic heterocycles. The van der Waals surface area contributed by atoms with Gasteiger partial charge in [-0.1, -0.05) is 6.42 Å². The Labute approximate surface area is 185 Å². The molecule has 2 saturated heterocycles. The topological polar surface area (TPSA) is 69.6 Å². The quantitative estimate of drug-likeness (QED) is 0.684. The number of piperidine rings is 1. The summed E-state index contributed by atoms with van der Waals surface area (Å²) < 4.78 is 65.4. The van der Waals surface area contributed by atoms with Crippen LogP contribution in [0.15, 0.2) is 41.6 Å². The molecule has 0 bridgehead atoms. The summed E-state index contributed by atoms with van der Waals surface area (Å²) in [5, 5.41) is 0. The van der Waals surface area contributed by atoms with Crippen LogP contribution in [0, 0.1) is 0 Å². The number of hydrogen-bond donors (Lipinski definition) is 0. The van der Waals surface area contributed by atoms with E-state index in [4.69, 9.17) is 0 Å². The molecule has 0 amide bonds. The van der Waals surface area contributed by atoms with Gasteiger partial charge in [0.1, 0.15) is 16.5 Å². The van der Waals surface area contributed by atoms with E-state index in [0.717, 1.165) is 37.9 Å². The second kappa shape index (κ2) is 9.22. The molecule has 0 aliphatic carbocycles. The van der Waals surface area contributed by atoms with Gasteiger partial charge in [-0.15, -0.1) is 0 Å². The van der Waals surface area contributed by atoms with Gasteiger partial charge in [-0.2, -0.15) is 17.5 Å². The average molecular weight is 470 g/mol. The van der Waals surface area contributed by atoms with Crippen LogP contribution in [-0.4, -0.2) is 62.0 Å². The number of halogens is 3. The lowest BCUT2D eigenvalue weighted by molar-refractivity contribution is -0.137. The Morgan fingerprint density at radius 1 is 0.719 bits per heavy atom. The van der Waals surface area contributed by atoms with Crippen molar-refractivity contribution in [2.24, 2.45) is 0 Å². The van der Waals surface area contributed by atoms with Crippen LogP contribution in [0.5, 0.6) is 0 Å². The van der Waals surface area contributed by atoms with Crippen molar-refractivity contribution in [2.75, 3.05) is 49.1 Å². The normalized spacial score (nSPS) is 19.1. The van der Waals surface area contributed by atoms with Crippen molar-refractivity contribution in [3.63, 3.8) is 0 Å². The maximum Gasteiger partial charge on any atom is 0.417 e. The number of alkyl halides is 3. The Hall–Kier alpha value is -2.40. The minimum Gasteiger partial charge on any atom is -0.355 e. The van der Waals surface area contributed by atoms with E-state index in [1.807, 2.05) is 4.90 Å². The van der Waals surface area contributed by atoms with Gasteiger partial charge in [-0.05, 0) is 43.5 Å². The fourth-order valence-electron chi connectivity index (χ4n) is 4.08. The van der Waals surface area contributed by atoms with Crippen LogP contribution in [-0.2, 0) is 16.2 Å². The molecule has 174 valence electrons. The van der Waals surface area contributed by atoms with Crippen LogP contribution in [0.2, 0.25) is 0 Å². The van der Waals surface area contributed by atoms with Crippen LogP contribution >= 0.6 is 0 Å². The highest BCUT2D eigenvalue weighted by molar-refractivity contribution is 7.89. The second-order valence-corrected chi connectivity index (χ2v) is 9.99. The highest BCUT2D eigenvalue weighted by atomic mass is 32.2. The Balaban J connectivity index is 1.41. The summed E-state index contributed by atoms with van der Waals surface area (Å²) in [5.41, 5.74) is -0.763. The number of sulfonamides is 1. The van der Waals surface area contributed by atoms with Crippen molar-refractivity contribution in [3.05, 3.63) is 42.2 Å². The van der Waals surface area contributed by atoms with Gasteiger partial charge in [0.05, 0.1) is 5.56 Å². The van der Waals surface area contributed by atoms with Gasteiger partial charge in [0.15, 0.2) is 0 Å². The summed E-state index contributed by atoms with van der Waals surface area (Å²) in [6.07, 6.45) is 1.46. The average Bonchev–Trinajstić information content (AvgIpc) is 3.06. The number of pyridine rings is 2. The lowest BCUT2D eigenvalue weighted by atomic mass is 10.2. The van der Waals surface area contributed by atoms with E-state index in [0.29, 0.717) is 50.9 Å². The minimum atomic E-state index is -4.40. The summed E-state index contributed by atoms with van der Waals surface area (Å²) >= 11 is 0. The Morgan fingerprint density at radius 2 is 1.31 bits per heavy atom. The highest BCUT2D eigenvalue weighted by Gasteiger charge is 2.31. The lowest BCUT2D eigenvalue weighted by Gasteiger charge is -2.26. The monoisotopic (exact) mass is 469 g/mol. The van der Waals surface area contributed by atoms with E-state index in [2.05, 4.69) is 14.9 Å². The summed E-state index contributed by atoms with van der Waals surface area (Å²) in [5.74, 6) is 1.20. The van der Waals surface area contributed by atoms with Crippen LogP contribution < -0.4 is 9.80 Å². The first-order valence-electron chi connectivity index (χ1n) is 10.7. The molecule has 32 heavy (non-hydrogen) atoms. The molecule has 4 heterocycles. The summed E-state index contributed by atoms with van der Waals surface area (Å²) in [6.45, 7) is 3.65. The van der Waals surface area contributed by atoms with Crippen molar-refractivity contribution in [3.8, 4) is 0 Å². The molecule has 0 aromatic carbocycles. The standard InChI is InChI=1S/C21H26F3N5O2S/c22-21(23,24)17-5-7-19(25-15-17)27-9-4-10-28(14-13-27)20-8-6-18(16-26-20)32(30,31)29-11-2-1-3-12-29/h5-8,15-16H,1-4,9-14H2. The third-order valence-electron chi connectivity index (χ3n) is 5.89. The number of nitrogens with zero attached hydrogens (tertiary/aromatic N) is 5. The zero-order valence-corrected chi connectivity index (χ0v) is 18.4. The number of aromatic nitrogens is 2. The molecular weight excluding hydrogens is 443 g/mol. The predicted molar refractivity (Wildman–Crippen MR) is 115 cm³/mol. The van der Waals surface area contributed by atoms with Crippen LogP contribution in [0.3, 0.4) is 0 Å². The molecule has 11 heteroatoms. The van der Waals surface area contributed by atoms with Gasteiger partial charge < -0.3 is 9.80 Å². The van der Waals surface area contributed by atoms with Crippen molar-refractivity contribution >= 4 is 21.7 Å². The first-order chi connectivity index (χ1) is 15.2. The van der Waals surface area contributed by atoms with Crippen molar-refractivity contribution in [1.29, 1.82) is 0 Å². The van der Waals surface area contributed by atoms with E-state index >= 15 is 0 Å². The SMILES string of the molecule is O=S(=O)(c1ccc(N2CCCN(c3ccc(C(F)(F)F)cn3)CC2)nc1)N1CCCCC1. The molecule has 4 rings (SSSR count). The van der Waals surface area contributed by atoms with E-state index in [1.54, 1.807) is 12.1 Å². The van der Waals surface area contributed by atoms with Gasteiger partial charge in [-0.3, -0.25) is 0 Å². The summed E-state index contributed by atoms with van der Waals surface area (Å²) in [6, 6.07) is 5.78. The minimum absolute atomic E-state index is 0.202. The molecule has 0 unspecified atom stereocenters. The molecule has 0 radical (unpaired) electrons. The third-order valence-corrected chi connectivity index (χ3v) is 7.77. The van der Waals surface area contributed by atoms with Crippen LogP contribution in [0.4, 0.5) is 24.8 Å². The number of anilines is 2. The van der Waals surface area contributed by atoms with Gasteiger partial charge in [0.2, 0.25) is 10.0 Å². The van der Waals surface area contributed by atoms with Crippen molar-refractivity contribution in [2.45, 2.75) is 36.8 Å². The largest absolute Gasteiger partial charge is 0.417 e. The zero-order valence-electron chi connectivity index (χ0n) is 17.6. The second-order valence-electron chi connectivity index (χ2n) is 8.05. The first-order valence-corrected chi connectivity index (χ1v) is 12.2. The molecule has 0 spiro atoms. The first kappa shape index (κ1) is 22.8. The highest BCUT2D eigenvalue weighted by Crippen LogP contribution is 2.29. The van der Waals surface area contributed by atoms with Gasteiger partial charge in [0, 0.05) is 51.7 Å². The molecule has 2 fully saturated rings. The smallest absolute Gasteiger partial charge is 0.355 e. The van der Waals surface area contributed by atoms with Crippen LogP contribution in [0.1, 0.15) is 31.2 Å². The fraction of sp³-hybridized carbons (Fsp3) is 0.524. The fourth-order valence-corrected chi connectivity index (χ4v) is 5.55. The Morgan fingerprint density at radius 3 is 1.81 bits per heavy atom. The molecular formula is C21H26F3N5O2S. The Kier molecular flexibility index (Phi) is 6.57. The number of rotatable bonds is 4. The molecule has 7 nitrogen and oxygen atoms in total. The molecule has 2 aliphatic rings. The molecule has 2 aliphatic heterocycles. The van der Waals surface area contributed by atoms with E-state index in [9.17, 15) is 21.6 Å². The third kappa shape index (κ3) is 4.98.